The fourth-order valence-electron chi connectivity index (χ4n) is 5.23. The molecule has 0 aliphatic carbocycles. The number of carbonyl (C=O) groups excluding carboxylic acids is 2. The van der Waals surface area contributed by atoms with Crippen molar-refractivity contribution in [2.24, 2.45) is 0 Å². The topological polar surface area (TPSA) is 149 Å². The van der Waals surface area contributed by atoms with E-state index in [1.165, 1.54) is 77.0 Å². The lowest BCUT2D eigenvalue weighted by atomic mass is 10.0. The maximum Gasteiger partial charge on any atom is 0.472 e. The number of unbranched alkanes of at least 4 members (excludes halogenated alkanes) is 20. The molecule has 0 rings (SSSR count). The molecule has 0 saturated carbocycles. The van der Waals surface area contributed by atoms with Crippen LogP contribution in [0.4, 0.5) is 0 Å². The summed E-state index contributed by atoms with van der Waals surface area (Å²) in [6.45, 7) is 2.17. The van der Waals surface area contributed by atoms with Gasteiger partial charge < -0.3 is 24.6 Å². The highest BCUT2D eigenvalue weighted by Gasteiger charge is 2.27. The molecule has 0 bridgehead atoms. The van der Waals surface area contributed by atoms with Gasteiger partial charge in [0.05, 0.1) is 26.4 Å². The number of hydrogen-bond donors (Lipinski definition) is 3. The van der Waals surface area contributed by atoms with Gasteiger partial charge in [-0.1, -0.05) is 135 Å². The van der Waals surface area contributed by atoms with Crippen molar-refractivity contribution >= 4 is 19.8 Å². The van der Waals surface area contributed by atoms with Crippen LogP contribution in [0.1, 0.15) is 174 Å². The summed E-state index contributed by atoms with van der Waals surface area (Å²) >= 11 is 0. The average molecular weight is 707 g/mol. The van der Waals surface area contributed by atoms with Crippen LogP contribution < -0.4 is 0 Å². The number of ether oxygens (including phenoxy) is 2. The van der Waals surface area contributed by atoms with E-state index in [9.17, 15) is 29.3 Å². The molecule has 0 heterocycles. The first kappa shape index (κ1) is 46.7. The van der Waals surface area contributed by atoms with Crippen molar-refractivity contribution in [1.29, 1.82) is 0 Å². The van der Waals surface area contributed by atoms with E-state index in [-0.39, 0.29) is 12.8 Å². The van der Waals surface area contributed by atoms with E-state index in [1.54, 1.807) is 0 Å². The van der Waals surface area contributed by atoms with Gasteiger partial charge in [0, 0.05) is 12.8 Å². The number of carbonyl (C=O) groups is 2. The van der Waals surface area contributed by atoms with Crippen molar-refractivity contribution in [1.82, 2.24) is 0 Å². The van der Waals surface area contributed by atoms with Gasteiger partial charge in [0.15, 0.2) is 0 Å². The standard InChI is InChI=1S/C37H71O10P/c1-3-5-7-9-11-13-15-17-19-21-23-25-27-29-37(41)47-35(31-39)33-45-48(42,43)44-32-34(30-38)46-36(40)28-26-24-22-20-18-16-14-12-10-8-6-4-2/h13,15,34-35,38-39H,3-12,14,16-33H2,1-2H3,(H,42,43)/b15-13-. The summed E-state index contributed by atoms with van der Waals surface area (Å²) in [6.07, 6.45) is 29.0. The lowest BCUT2D eigenvalue weighted by Gasteiger charge is -2.20. The van der Waals surface area contributed by atoms with Crippen LogP contribution in [0.2, 0.25) is 0 Å². The fraction of sp³-hybridized carbons (Fsp3) is 0.892. The third-order valence-corrected chi connectivity index (χ3v) is 9.18. The SMILES string of the molecule is CCCCCC/C=C\CCCCCCCC(=O)OC(CO)COP(=O)(O)OCC(CO)OC(=O)CCCCCCCCCCCCCC. The Kier molecular flexibility index (Phi) is 33.3. The number of aliphatic hydroxyl groups excluding tert-OH is 2. The van der Waals surface area contributed by atoms with Crippen molar-refractivity contribution < 1.29 is 47.8 Å². The first-order valence-corrected chi connectivity index (χ1v) is 20.6. The lowest BCUT2D eigenvalue weighted by Crippen LogP contribution is -2.28. The van der Waals surface area contributed by atoms with E-state index >= 15 is 0 Å². The van der Waals surface area contributed by atoms with Crippen LogP contribution in [0.15, 0.2) is 12.2 Å². The van der Waals surface area contributed by atoms with Crippen molar-refractivity contribution in [2.45, 2.75) is 187 Å². The Bertz CT molecular complexity index is 822. The summed E-state index contributed by atoms with van der Waals surface area (Å²) in [6, 6.07) is 0. The first-order valence-electron chi connectivity index (χ1n) is 19.1. The van der Waals surface area contributed by atoms with Gasteiger partial charge in [0.2, 0.25) is 0 Å². The third kappa shape index (κ3) is 31.9. The summed E-state index contributed by atoms with van der Waals surface area (Å²) < 4.78 is 32.4. The number of hydrogen-bond acceptors (Lipinski definition) is 9. The van der Waals surface area contributed by atoms with Crippen LogP contribution in [-0.4, -0.2) is 65.7 Å². The molecule has 0 spiro atoms. The maximum atomic E-state index is 12.3. The van der Waals surface area contributed by atoms with E-state index in [4.69, 9.17) is 18.5 Å². The summed E-state index contributed by atoms with van der Waals surface area (Å²) in [5.74, 6) is -1.02. The maximum absolute atomic E-state index is 12.3. The number of phosphoric ester groups is 1. The summed E-state index contributed by atoms with van der Waals surface area (Å²) in [4.78, 5) is 34.3. The van der Waals surface area contributed by atoms with Crippen molar-refractivity contribution in [2.75, 3.05) is 26.4 Å². The minimum absolute atomic E-state index is 0.185. The van der Waals surface area contributed by atoms with Gasteiger partial charge in [-0.15, -0.1) is 0 Å². The predicted molar refractivity (Wildman–Crippen MR) is 192 cm³/mol. The van der Waals surface area contributed by atoms with Gasteiger partial charge in [0.1, 0.15) is 12.2 Å². The smallest absolute Gasteiger partial charge is 0.457 e. The molecular weight excluding hydrogens is 635 g/mol. The van der Waals surface area contributed by atoms with Crippen molar-refractivity contribution in [3.8, 4) is 0 Å². The zero-order chi connectivity index (χ0) is 35.6. The van der Waals surface area contributed by atoms with E-state index in [0.29, 0.717) is 12.8 Å². The highest BCUT2D eigenvalue weighted by atomic mass is 31.2. The van der Waals surface area contributed by atoms with Crippen LogP contribution in [0.5, 0.6) is 0 Å². The minimum Gasteiger partial charge on any atom is -0.457 e. The third-order valence-electron chi connectivity index (χ3n) is 8.23. The second-order valence-corrected chi connectivity index (χ2v) is 14.4. The highest BCUT2D eigenvalue weighted by molar-refractivity contribution is 7.47. The normalized spacial score (nSPS) is 14.2. The largest absolute Gasteiger partial charge is 0.472 e. The lowest BCUT2D eigenvalue weighted by molar-refractivity contribution is -0.153. The molecule has 0 aliphatic heterocycles. The number of phosphoric acid groups is 1. The molecule has 0 fully saturated rings. The quantitative estimate of drug-likeness (QED) is 0.0249. The Morgan fingerprint density at radius 1 is 0.542 bits per heavy atom. The minimum atomic E-state index is -4.62. The molecule has 0 aliphatic rings. The summed E-state index contributed by atoms with van der Waals surface area (Å²) in [5.41, 5.74) is 0. The van der Waals surface area contributed by atoms with Gasteiger partial charge in [-0.2, -0.15) is 0 Å². The van der Waals surface area contributed by atoms with Gasteiger partial charge in [-0.05, 0) is 38.5 Å². The Morgan fingerprint density at radius 2 is 0.854 bits per heavy atom. The van der Waals surface area contributed by atoms with Gasteiger partial charge in [0.25, 0.3) is 0 Å². The molecule has 11 heteroatoms. The van der Waals surface area contributed by atoms with E-state index in [2.05, 4.69) is 26.0 Å². The molecule has 3 N–H and O–H groups in total. The van der Waals surface area contributed by atoms with Crippen LogP contribution >= 0.6 is 7.82 Å². The Balaban J connectivity index is 3.99. The number of allylic oxidation sites excluding steroid dienone is 2. The molecular formula is C37H71O10P. The molecule has 10 nitrogen and oxygen atoms in total. The van der Waals surface area contributed by atoms with Gasteiger partial charge >= 0.3 is 19.8 Å². The van der Waals surface area contributed by atoms with Crippen LogP contribution in [0.25, 0.3) is 0 Å². The molecule has 0 aromatic heterocycles. The van der Waals surface area contributed by atoms with Crippen molar-refractivity contribution in [3.63, 3.8) is 0 Å². The highest BCUT2D eigenvalue weighted by Crippen LogP contribution is 2.43. The van der Waals surface area contributed by atoms with Crippen LogP contribution in [0.3, 0.4) is 0 Å². The number of aliphatic hydroxyl groups is 2. The Morgan fingerprint density at radius 3 is 1.21 bits per heavy atom. The average Bonchev–Trinajstić information content (AvgIpc) is 3.07. The second kappa shape index (κ2) is 34.2. The van der Waals surface area contributed by atoms with E-state index in [1.807, 2.05) is 0 Å². The molecule has 0 amide bonds. The molecule has 48 heavy (non-hydrogen) atoms. The predicted octanol–water partition coefficient (Wildman–Crippen LogP) is 9.28. The molecule has 3 unspecified atom stereocenters. The number of esters is 2. The molecule has 0 aromatic carbocycles. The molecule has 0 aromatic rings. The van der Waals surface area contributed by atoms with Crippen LogP contribution in [0, 0.1) is 0 Å². The molecule has 284 valence electrons. The van der Waals surface area contributed by atoms with E-state index in [0.717, 1.165) is 57.8 Å². The Labute approximate surface area is 292 Å². The summed E-state index contributed by atoms with van der Waals surface area (Å²) in [5, 5.41) is 19.1. The van der Waals surface area contributed by atoms with Gasteiger partial charge in [-0.25, -0.2) is 4.57 Å². The zero-order valence-electron chi connectivity index (χ0n) is 30.5. The van der Waals surface area contributed by atoms with E-state index < -0.39 is 58.4 Å². The zero-order valence-corrected chi connectivity index (χ0v) is 31.4. The number of rotatable bonds is 36. The monoisotopic (exact) mass is 706 g/mol. The van der Waals surface area contributed by atoms with Crippen LogP contribution in [-0.2, 0) is 32.7 Å². The Hall–Kier alpha value is -1.29. The molecule has 0 radical (unpaired) electrons. The van der Waals surface area contributed by atoms with Gasteiger partial charge in [-0.3, -0.25) is 18.6 Å². The first-order chi connectivity index (χ1) is 23.3. The molecule has 0 saturated heterocycles. The molecule has 3 atom stereocenters. The fourth-order valence-corrected chi connectivity index (χ4v) is 6.01. The summed E-state index contributed by atoms with van der Waals surface area (Å²) in [7, 11) is -4.62. The second-order valence-electron chi connectivity index (χ2n) is 12.9. The van der Waals surface area contributed by atoms with Crippen molar-refractivity contribution in [3.05, 3.63) is 12.2 Å².